The monoisotopic (exact) mass is 438 g/mol. The normalized spacial score (nSPS) is 11.6. The minimum absolute atomic E-state index is 0.178. The van der Waals surface area contributed by atoms with Crippen molar-refractivity contribution in [3.63, 3.8) is 0 Å². The van der Waals surface area contributed by atoms with Crippen LogP contribution in [0.15, 0.2) is 59.4 Å². The molecule has 0 radical (unpaired) electrons. The van der Waals surface area contributed by atoms with E-state index in [1.54, 1.807) is 36.4 Å². The SMILES string of the molecule is CC[C@@H](C(=O)Nc1ccc(Cl)cc1)n1nc(-c2ccc(C)c(NC(C)=O)c2)ccc1=O. The minimum atomic E-state index is -0.789. The Balaban J connectivity index is 1.94. The van der Waals surface area contributed by atoms with Gasteiger partial charge in [-0.2, -0.15) is 5.10 Å². The molecule has 0 saturated carbocycles. The van der Waals surface area contributed by atoms with Gasteiger partial charge in [0.15, 0.2) is 0 Å². The van der Waals surface area contributed by atoms with Gasteiger partial charge >= 0.3 is 0 Å². The molecule has 0 saturated heterocycles. The quantitative estimate of drug-likeness (QED) is 0.595. The second-order valence-electron chi connectivity index (χ2n) is 7.13. The van der Waals surface area contributed by atoms with Crippen LogP contribution in [0, 0.1) is 6.92 Å². The van der Waals surface area contributed by atoms with Gasteiger partial charge in [-0.25, -0.2) is 4.68 Å². The summed E-state index contributed by atoms with van der Waals surface area (Å²) in [5.41, 5.74) is 3.00. The molecule has 0 fully saturated rings. The lowest BCUT2D eigenvalue weighted by atomic mass is 10.1. The first-order chi connectivity index (χ1) is 14.8. The third-order valence-corrected chi connectivity index (χ3v) is 5.02. The number of carbonyl (C=O) groups is 2. The molecule has 1 aromatic heterocycles. The van der Waals surface area contributed by atoms with E-state index in [0.29, 0.717) is 28.5 Å². The molecule has 0 aliphatic heterocycles. The third-order valence-electron chi connectivity index (χ3n) is 4.77. The molecule has 7 nitrogen and oxygen atoms in total. The van der Waals surface area contributed by atoms with Crippen LogP contribution in [0.2, 0.25) is 5.02 Å². The lowest BCUT2D eigenvalue weighted by Crippen LogP contribution is -2.34. The number of nitrogens with one attached hydrogen (secondary N) is 2. The number of halogens is 1. The zero-order valence-corrected chi connectivity index (χ0v) is 18.2. The number of aromatic nitrogens is 2. The standard InChI is InChI=1S/C23H23ClN4O3/c1-4-21(23(31)26-18-9-7-17(24)8-10-18)28-22(30)12-11-19(27-28)16-6-5-14(2)20(13-16)25-15(3)29/h5-13,21H,4H2,1-3H3,(H,25,29)(H,26,31)/t21-/m0/s1. The number of hydrogen-bond acceptors (Lipinski definition) is 4. The average Bonchev–Trinajstić information content (AvgIpc) is 2.73. The summed E-state index contributed by atoms with van der Waals surface area (Å²) >= 11 is 5.89. The van der Waals surface area contributed by atoms with E-state index < -0.39 is 6.04 Å². The molecule has 160 valence electrons. The maximum Gasteiger partial charge on any atom is 0.267 e. The predicted octanol–water partition coefficient (Wildman–Crippen LogP) is 4.42. The van der Waals surface area contributed by atoms with E-state index in [1.807, 2.05) is 26.0 Å². The molecule has 0 spiro atoms. The summed E-state index contributed by atoms with van der Waals surface area (Å²) < 4.78 is 1.19. The van der Waals surface area contributed by atoms with E-state index in [-0.39, 0.29) is 17.4 Å². The molecule has 2 aromatic carbocycles. The summed E-state index contributed by atoms with van der Waals surface area (Å²) in [6, 6.07) is 14.4. The highest BCUT2D eigenvalue weighted by molar-refractivity contribution is 6.30. The van der Waals surface area contributed by atoms with Crippen LogP contribution in [0.4, 0.5) is 11.4 Å². The van der Waals surface area contributed by atoms with Gasteiger partial charge in [0, 0.05) is 35.0 Å². The molecular weight excluding hydrogens is 416 g/mol. The summed E-state index contributed by atoms with van der Waals surface area (Å²) in [4.78, 5) is 36.8. The Morgan fingerprint density at radius 1 is 1.06 bits per heavy atom. The molecule has 3 rings (SSSR count). The Hall–Kier alpha value is -3.45. The molecule has 0 aliphatic rings. The molecule has 0 aliphatic carbocycles. The van der Waals surface area contributed by atoms with Gasteiger partial charge < -0.3 is 10.6 Å². The van der Waals surface area contributed by atoms with Crippen molar-refractivity contribution < 1.29 is 9.59 Å². The molecule has 0 unspecified atom stereocenters. The van der Waals surface area contributed by atoms with E-state index in [2.05, 4.69) is 15.7 Å². The molecule has 3 aromatic rings. The van der Waals surface area contributed by atoms with Crippen LogP contribution < -0.4 is 16.2 Å². The Bertz CT molecular complexity index is 1170. The lowest BCUT2D eigenvalue weighted by molar-refractivity contribution is -0.119. The van der Waals surface area contributed by atoms with Gasteiger partial charge in [0.1, 0.15) is 6.04 Å². The number of anilines is 2. The highest BCUT2D eigenvalue weighted by Crippen LogP contribution is 2.24. The smallest absolute Gasteiger partial charge is 0.267 e. The van der Waals surface area contributed by atoms with Crippen molar-refractivity contribution in [3.8, 4) is 11.3 Å². The van der Waals surface area contributed by atoms with Gasteiger partial charge in [-0.1, -0.05) is 30.7 Å². The number of benzene rings is 2. The summed E-state index contributed by atoms with van der Waals surface area (Å²) in [6.07, 6.45) is 0.376. The van der Waals surface area contributed by atoms with Crippen molar-refractivity contribution in [3.05, 3.63) is 75.5 Å². The highest BCUT2D eigenvalue weighted by Gasteiger charge is 2.21. The van der Waals surface area contributed by atoms with Crippen LogP contribution in [0.1, 0.15) is 31.9 Å². The summed E-state index contributed by atoms with van der Waals surface area (Å²) in [5.74, 6) is -0.525. The summed E-state index contributed by atoms with van der Waals surface area (Å²) in [6.45, 7) is 5.14. The Morgan fingerprint density at radius 2 is 1.77 bits per heavy atom. The van der Waals surface area contributed by atoms with Crippen molar-refractivity contribution >= 4 is 34.8 Å². The first-order valence-electron chi connectivity index (χ1n) is 9.83. The van der Waals surface area contributed by atoms with E-state index in [1.165, 1.54) is 17.7 Å². The zero-order valence-electron chi connectivity index (χ0n) is 17.5. The fraction of sp³-hybridized carbons (Fsp3) is 0.217. The number of carbonyl (C=O) groups excluding carboxylic acids is 2. The van der Waals surface area contributed by atoms with Gasteiger partial charge in [0.05, 0.1) is 5.69 Å². The topological polar surface area (TPSA) is 93.1 Å². The maximum atomic E-state index is 12.9. The molecule has 31 heavy (non-hydrogen) atoms. The van der Waals surface area contributed by atoms with Gasteiger partial charge in [0.2, 0.25) is 11.8 Å². The zero-order chi connectivity index (χ0) is 22.5. The average molecular weight is 439 g/mol. The predicted molar refractivity (Wildman–Crippen MR) is 122 cm³/mol. The van der Waals surface area contributed by atoms with Crippen LogP contribution in [0.3, 0.4) is 0 Å². The van der Waals surface area contributed by atoms with Crippen LogP contribution in [0.5, 0.6) is 0 Å². The van der Waals surface area contributed by atoms with Gasteiger partial charge in [-0.3, -0.25) is 14.4 Å². The molecule has 1 atom stereocenters. The minimum Gasteiger partial charge on any atom is -0.326 e. The molecule has 1 heterocycles. The van der Waals surface area contributed by atoms with Crippen LogP contribution in [-0.2, 0) is 9.59 Å². The molecule has 0 bridgehead atoms. The van der Waals surface area contributed by atoms with Gasteiger partial charge in [0.25, 0.3) is 5.56 Å². The van der Waals surface area contributed by atoms with Crippen molar-refractivity contribution in [2.75, 3.05) is 10.6 Å². The van der Waals surface area contributed by atoms with Crippen LogP contribution in [-0.4, -0.2) is 21.6 Å². The molecular formula is C23H23ClN4O3. The van der Waals surface area contributed by atoms with Gasteiger partial charge in [-0.05, 0) is 55.3 Å². The third kappa shape index (κ3) is 5.38. The Labute approximate surface area is 185 Å². The number of rotatable bonds is 6. The second-order valence-corrected chi connectivity index (χ2v) is 7.57. The van der Waals surface area contributed by atoms with Gasteiger partial charge in [-0.15, -0.1) is 0 Å². The van der Waals surface area contributed by atoms with E-state index in [9.17, 15) is 14.4 Å². The van der Waals surface area contributed by atoms with Crippen LogP contribution >= 0.6 is 11.6 Å². The number of amides is 2. The van der Waals surface area contributed by atoms with Crippen LogP contribution in [0.25, 0.3) is 11.3 Å². The van der Waals surface area contributed by atoms with Crippen molar-refractivity contribution in [2.24, 2.45) is 0 Å². The molecule has 8 heteroatoms. The summed E-state index contributed by atoms with van der Waals surface area (Å²) in [5, 5.41) is 10.6. The van der Waals surface area contributed by atoms with E-state index in [4.69, 9.17) is 11.6 Å². The number of nitrogens with zero attached hydrogens (tertiary/aromatic N) is 2. The highest BCUT2D eigenvalue weighted by atomic mass is 35.5. The van der Waals surface area contributed by atoms with Crippen molar-refractivity contribution in [1.82, 2.24) is 9.78 Å². The first-order valence-corrected chi connectivity index (χ1v) is 10.2. The summed E-state index contributed by atoms with van der Waals surface area (Å²) in [7, 11) is 0. The number of aryl methyl sites for hydroxylation is 1. The number of hydrogen-bond donors (Lipinski definition) is 2. The first kappa shape index (κ1) is 22.2. The van der Waals surface area contributed by atoms with E-state index in [0.717, 1.165) is 11.1 Å². The van der Waals surface area contributed by atoms with Crippen molar-refractivity contribution in [1.29, 1.82) is 0 Å². The fourth-order valence-corrected chi connectivity index (χ4v) is 3.26. The molecule has 2 N–H and O–H groups in total. The fourth-order valence-electron chi connectivity index (χ4n) is 3.14. The lowest BCUT2D eigenvalue weighted by Gasteiger charge is -2.18. The molecule has 2 amide bonds. The second kappa shape index (κ2) is 9.57. The van der Waals surface area contributed by atoms with Crippen molar-refractivity contribution in [2.45, 2.75) is 33.2 Å². The Morgan fingerprint density at radius 3 is 2.42 bits per heavy atom. The maximum absolute atomic E-state index is 12.9. The largest absolute Gasteiger partial charge is 0.326 e. The Kier molecular flexibility index (Phi) is 6.87. The van der Waals surface area contributed by atoms with E-state index >= 15 is 0 Å².